The van der Waals surface area contributed by atoms with E-state index < -0.39 is 5.91 Å². The van der Waals surface area contributed by atoms with Gasteiger partial charge in [-0.15, -0.1) is 0 Å². The first-order chi connectivity index (χ1) is 11.2. The van der Waals surface area contributed by atoms with Crippen molar-refractivity contribution < 1.29 is 19.8 Å². The average Bonchev–Trinajstić information content (AvgIpc) is 3.02. The molecular weight excluding hydrogens is 298 g/mol. The van der Waals surface area contributed by atoms with Gasteiger partial charge in [0.1, 0.15) is 18.2 Å². The Morgan fingerprint density at radius 1 is 1.26 bits per heavy atom. The van der Waals surface area contributed by atoms with E-state index in [1.165, 1.54) is 0 Å². The van der Waals surface area contributed by atoms with Gasteiger partial charge in [-0.3, -0.25) is 10.0 Å². The summed E-state index contributed by atoms with van der Waals surface area (Å²) >= 11 is 0. The molecule has 7 heteroatoms. The molecule has 23 heavy (non-hydrogen) atoms. The molecule has 0 unspecified atom stereocenters. The van der Waals surface area contributed by atoms with Crippen LogP contribution in [0.3, 0.4) is 0 Å². The number of hydrogen-bond donors (Lipinski definition) is 4. The zero-order valence-corrected chi connectivity index (χ0v) is 12.1. The van der Waals surface area contributed by atoms with Crippen LogP contribution >= 0.6 is 0 Å². The molecule has 0 aliphatic carbocycles. The second-order valence-corrected chi connectivity index (χ2v) is 4.86. The number of carbonyl (C=O) groups excluding carboxylic acids is 1. The zero-order valence-electron chi connectivity index (χ0n) is 12.1. The molecule has 0 aliphatic rings. The van der Waals surface area contributed by atoms with Crippen LogP contribution in [-0.4, -0.2) is 39.4 Å². The lowest BCUT2D eigenvalue weighted by Gasteiger charge is -2.05. The van der Waals surface area contributed by atoms with E-state index in [9.17, 15) is 4.79 Å². The van der Waals surface area contributed by atoms with Crippen LogP contribution in [0.5, 0.6) is 5.75 Å². The van der Waals surface area contributed by atoms with Crippen LogP contribution in [0.15, 0.2) is 42.5 Å². The van der Waals surface area contributed by atoms with E-state index in [-0.39, 0.29) is 13.2 Å². The number of aromatic nitrogens is 2. The van der Waals surface area contributed by atoms with Crippen LogP contribution in [0.25, 0.3) is 22.4 Å². The molecule has 3 aromatic rings. The maximum Gasteiger partial charge on any atom is 0.274 e. The minimum atomic E-state index is -0.581. The van der Waals surface area contributed by atoms with Crippen LogP contribution in [-0.2, 0) is 0 Å². The predicted octanol–water partition coefficient (Wildman–Crippen LogP) is 1.72. The Kier molecular flexibility index (Phi) is 4.22. The highest BCUT2D eigenvalue weighted by molar-refractivity contribution is 5.97. The van der Waals surface area contributed by atoms with E-state index in [2.05, 4.69) is 9.97 Å². The molecule has 118 valence electrons. The highest BCUT2D eigenvalue weighted by Crippen LogP contribution is 2.24. The van der Waals surface area contributed by atoms with Gasteiger partial charge in [-0.25, -0.2) is 10.5 Å². The second-order valence-electron chi connectivity index (χ2n) is 4.86. The maximum atomic E-state index is 11.4. The molecule has 0 saturated carbocycles. The first-order valence-electron chi connectivity index (χ1n) is 6.99. The number of hydrogen-bond acceptors (Lipinski definition) is 5. The van der Waals surface area contributed by atoms with Crippen molar-refractivity contribution in [1.29, 1.82) is 0 Å². The van der Waals surface area contributed by atoms with Gasteiger partial charge in [-0.1, -0.05) is 12.1 Å². The van der Waals surface area contributed by atoms with Crippen molar-refractivity contribution in [3.8, 4) is 17.1 Å². The highest BCUT2D eigenvalue weighted by atomic mass is 16.5. The molecule has 0 fully saturated rings. The van der Waals surface area contributed by atoms with Crippen molar-refractivity contribution in [3.63, 3.8) is 0 Å². The Bertz CT molecular complexity index is 844. The second kappa shape index (κ2) is 6.47. The van der Waals surface area contributed by atoms with Crippen molar-refractivity contribution >= 4 is 16.9 Å². The van der Waals surface area contributed by atoms with E-state index in [4.69, 9.17) is 15.1 Å². The largest absolute Gasteiger partial charge is 0.491 e. The first-order valence-corrected chi connectivity index (χ1v) is 6.99. The van der Waals surface area contributed by atoms with E-state index in [1.807, 2.05) is 18.2 Å². The number of carbonyl (C=O) groups is 1. The molecule has 0 spiro atoms. The molecule has 0 saturated heterocycles. The number of hydroxylamine groups is 1. The fraction of sp³-hybridized carbons (Fsp3) is 0.125. The number of imidazole rings is 1. The Morgan fingerprint density at radius 3 is 2.91 bits per heavy atom. The monoisotopic (exact) mass is 313 g/mol. The van der Waals surface area contributed by atoms with Crippen LogP contribution in [0.1, 0.15) is 10.4 Å². The number of amides is 1. The van der Waals surface area contributed by atoms with Gasteiger partial charge in [-0.05, 0) is 30.3 Å². The molecule has 3 rings (SSSR count). The number of rotatable bonds is 5. The molecule has 1 heterocycles. The van der Waals surface area contributed by atoms with Crippen LogP contribution in [0, 0.1) is 0 Å². The molecule has 0 atom stereocenters. The number of H-pyrrole nitrogens is 1. The lowest BCUT2D eigenvalue weighted by Crippen LogP contribution is -2.18. The van der Waals surface area contributed by atoms with E-state index in [1.54, 1.807) is 29.7 Å². The summed E-state index contributed by atoms with van der Waals surface area (Å²) in [5, 5.41) is 17.5. The van der Waals surface area contributed by atoms with Crippen LogP contribution < -0.4 is 10.2 Å². The number of aliphatic hydroxyl groups excluding tert-OH is 1. The van der Waals surface area contributed by atoms with Crippen LogP contribution in [0.4, 0.5) is 0 Å². The Morgan fingerprint density at radius 2 is 2.13 bits per heavy atom. The molecule has 0 radical (unpaired) electrons. The summed E-state index contributed by atoms with van der Waals surface area (Å²) in [6.07, 6.45) is 0. The molecule has 4 N–H and O–H groups in total. The predicted molar refractivity (Wildman–Crippen MR) is 83.4 cm³/mol. The average molecular weight is 313 g/mol. The van der Waals surface area contributed by atoms with Crippen molar-refractivity contribution in [3.05, 3.63) is 48.0 Å². The number of benzene rings is 2. The van der Waals surface area contributed by atoms with Gasteiger partial charge in [-0.2, -0.15) is 0 Å². The third-order valence-corrected chi connectivity index (χ3v) is 3.31. The fourth-order valence-corrected chi connectivity index (χ4v) is 2.25. The number of aliphatic hydroxyl groups is 1. The number of nitrogens with one attached hydrogen (secondary N) is 2. The van der Waals surface area contributed by atoms with Crippen molar-refractivity contribution in [2.24, 2.45) is 0 Å². The molecule has 0 bridgehead atoms. The minimum Gasteiger partial charge on any atom is -0.491 e. The van der Waals surface area contributed by atoms with Crippen molar-refractivity contribution in [2.45, 2.75) is 0 Å². The SMILES string of the molecule is O=C(NO)c1ccc2nc(-c3cccc(OCCO)c3)[nH]c2c1. The van der Waals surface area contributed by atoms with Gasteiger partial charge >= 0.3 is 0 Å². The number of ether oxygens (including phenoxy) is 1. The van der Waals surface area contributed by atoms with Gasteiger partial charge in [0.25, 0.3) is 5.91 Å². The number of aromatic amines is 1. The van der Waals surface area contributed by atoms with Gasteiger partial charge in [0.05, 0.1) is 17.6 Å². The van der Waals surface area contributed by atoms with Gasteiger partial charge in [0.15, 0.2) is 0 Å². The summed E-state index contributed by atoms with van der Waals surface area (Å²) in [5.74, 6) is 0.691. The normalized spacial score (nSPS) is 10.7. The first kappa shape index (κ1) is 15.0. The number of nitrogens with zero attached hydrogens (tertiary/aromatic N) is 1. The van der Waals surface area contributed by atoms with Crippen molar-refractivity contribution in [2.75, 3.05) is 13.2 Å². The standard InChI is InChI=1S/C16H15N3O4/c20-6-7-23-12-3-1-2-10(8-12)15-17-13-5-4-11(16(21)19-22)9-14(13)18-15/h1-5,8-9,20,22H,6-7H2,(H,17,18)(H,19,21). The van der Waals surface area contributed by atoms with E-state index in [0.29, 0.717) is 28.2 Å². The van der Waals surface area contributed by atoms with Crippen LogP contribution in [0.2, 0.25) is 0 Å². The maximum absolute atomic E-state index is 11.4. The molecule has 7 nitrogen and oxygen atoms in total. The Labute approximate surface area is 131 Å². The summed E-state index contributed by atoms with van der Waals surface area (Å²) in [6.45, 7) is 0.174. The van der Waals surface area contributed by atoms with E-state index in [0.717, 1.165) is 5.56 Å². The highest BCUT2D eigenvalue weighted by Gasteiger charge is 2.10. The number of fused-ring (bicyclic) bond motifs is 1. The van der Waals surface area contributed by atoms with E-state index >= 15 is 0 Å². The lowest BCUT2D eigenvalue weighted by molar-refractivity contribution is 0.0706. The third kappa shape index (κ3) is 3.15. The summed E-state index contributed by atoms with van der Waals surface area (Å²) in [6, 6.07) is 12.2. The topological polar surface area (TPSA) is 107 Å². The smallest absolute Gasteiger partial charge is 0.274 e. The quantitative estimate of drug-likeness (QED) is 0.424. The minimum absolute atomic E-state index is 0.0510. The fourth-order valence-electron chi connectivity index (χ4n) is 2.25. The van der Waals surface area contributed by atoms with Gasteiger partial charge < -0.3 is 14.8 Å². The molecule has 1 aromatic heterocycles. The molecule has 1 amide bonds. The summed E-state index contributed by atoms with van der Waals surface area (Å²) < 4.78 is 5.38. The Hall–Kier alpha value is -2.90. The van der Waals surface area contributed by atoms with Crippen molar-refractivity contribution in [1.82, 2.24) is 15.4 Å². The third-order valence-electron chi connectivity index (χ3n) is 3.31. The molecule has 0 aliphatic heterocycles. The van der Waals surface area contributed by atoms with Gasteiger partial charge in [0.2, 0.25) is 0 Å². The molecular formula is C16H15N3O4. The zero-order chi connectivity index (χ0) is 16.2. The van der Waals surface area contributed by atoms with Gasteiger partial charge in [0, 0.05) is 11.1 Å². The Balaban J connectivity index is 1.95. The summed E-state index contributed by atoms with van der Waals surface area (Å²) in [4.78, 5) is 19.1. The summed E-state index contributed by atoms with van der Waals surface area (Å²) in [7, 11) is 0. The lowest BCUT2D eigenvalue weighted by atomic mass is 10.2. The molecule has 2 aromatic carbocycles. The summed E-state index contributed by atoms with van der Waals surface area (Å²) in [5.41, 5.74) is 4.14.